The topological polar surface area (TPSA) is 80.5 Å². The maximum Gasteiger partial charge on any atom is 0.183 e. The quantitative estimate of drug-likeness (QED) is 0.130. The summed E-state index contributed by atoms with van der Waals surface area (Å²) < 4.78 is 54.1. The standard InChI is InChI=1S/C75H45N6O4P/c1-40-28-31-56-63(34-40)83-70-59(77-52-24-12-6-18-46(52)47-19-7-13-25-53(47)77)39-62-74-67(70)79(56)60-37-43(76-50-22-10-4-16-44(50)45-17-5-11-23-51(45)76)38-61-73(60)86(74,82)75-68-71(84-64-35-41(2)29-32-57(64)80(61)68)66(72-69(75)81(62)58-33-30-42(3)36-65(58)85-72)78-54-26-14-8-20-48(54)49-21-9-15-27-55(49)78/h4-39H,1-3H3. The number of hydrogen-bond donors (Lipinski definition) is 0. The molecule has 404 valence electrons. The second kappa shape index (κ2) is 15.4. The Morgan fingerprint density at radius 3 is 1.28 bits per heavy atom. The summed E-state index contributed by atoms with van der Waals surface area (Å²) in [5, 5.41) is 8.83. The zero-order valence-corrected chi connectivity index (χ0v) is 47.4. The molecule has 0 aliphatic carbocycles. The molecule has 12 aromatic carbocycles. The third-order valence-electron chi connectivity index (χ3n) is 19.1. The van der Waals surface area contributed by atoms with Crippen LogP contribution in [0.2, 0.25) is 0 Å². The molecule has 1 atom stereocenters. The molecular formula is C75H45N6O4P. The second-order valence-electron chi connectivity index (χ2n) is 23.8. The second-order valence-corrected chi connectivity index (χ2v) is 26.3. The van der Waals surface area contributed by atoms with Crippen molar-refractivity contribution in [2.75, 3.05) is 4.90 Å². The van der Waals surface area contributed by atoms with Crippen LogP contribution in [0.4, 0.5) is 17.1 Å². The lowest BCUT2D eigenvalue weighted by atomic mass is 10.0. The van der Waals surface area contributed by atoms with E-state index in [2.05, 4.69) is 267 Å². The Morgan fingerprint density at radius 1 is 0.337 bits per heavy atom. The monoisotopic (exact) mass is 1120 g/mol. The average Bonchev–Trinajstić information content (AvgIpc) is 0.750. The van der Waals surface area contributed by atoms with Crippen LogP contribution < -0.4 is 25.6 Å². The molecule has 1 unspecified atom stereocenters. The minimum Gasteiger partial charge on any atom is -0.451 e. The summed E-state index contributed by atoms with van der Waals surface area (Å²) in [5.74, 6) is 1.33. The van der Waals surface area contributed by atoms with Crippen LogP contribution in [0.1, 0.15) is 16.7 Å². The Morgan fingerprint density at radius 2 is 0.767 bits per heavy atom. The minimum atomic E-state index is -4.15. The van der Waals surface area contributed by atoms with Crippen molar-refractivity contribution in [1.29, 1.82) is 0 Å². The Bertz CT molecular complexity index is 6070. The third kappa shape index (κ3) is 5.28. The zero-order valence-electron chi connectivity index (χ0n) is 46.5. The van der Waals surface area contributed by atoms with Gasteiger partial charge in [0.2, 0.25) is 0 Å². The highest BCUT2D eigenvalue weighted by atomic mass is 31.2. The molecule has 11 heteroatoms. The van der Waals surface area contributed by atoms with Crippen molar-refractivity contribution in [2.24, 2.45) is 0 Å². The SMILES string of the molecule is Cc1ccc2c(c1)Oc1c(-n3c4ccccc4c4ccccc43)cc3c4c1N2c1cc(-n2c5ccccc5c5ccccc52)cc2c1P4(=O)c1c4c(oc5cc(C)ccc5n4-2)c(-n2c4ccccc4c4ccccc42)c2oc4cc(C)ccc4n-3c12. The smallest absolute Gasteiger partial charge is 0.183 e. The molecule has 0 amide bonds. The normalized spacial score (nSPS) is 15.1. The summed E-state index contributed by atoms with van der Waals surface area (Å²) >= 11 is 0. The molecule has 86 heavy (non-hydrogen) atoms. The molecule has 0 radical (unpaired) electrons. The molecule has 0 bridgehead atoms. The van der Waals surface area contributed by atoms with Crippen LogP contribution in [-0.2, 0) is 4.57 Å². The van der Waals surface area contributed by atoms with E-state index >= 15 is 4.57 Å². The van der Waals surface area contributed by atoms with E-state index in [1.807, 2.05) is 0 Å². The Kier molecular flexibility index (Phi) is 8.18. The molecule has 21 rings (SSSR count). The summed E-state index contributed by atoms with van der Waals surface area (Å²) in [7, 11) is -4.15. The van der Waals surface area contributed by atoms with Crippen LogP contribution in [0, 0.1) is 20.8 Å². The van der Waals surface area contributed by atoms with E-state index in [1.165, 1.54) is 0 Å². The predicted octanol–water partition coefficient (Wildman–Crippen LogP) is 18.6. The Labute approximate surface area is 489 Å². The Hall–Kier alpha value is -10.9. The summed E-state index contributed by atoms with van der Waals surface area (Å²) in [5.41, 5.74) is 21.3. The fourth-order valence-corrected chi connectivity index (χ4v) is 19.3. The van der Waals surface area contributed by atoms with Crippen molar-refractivity contribution < 1.29 is 18.1 Å². The van der Waals surface area contributed by atoms with Crippen LogP contribution in [0.5, 0.6) is 11.5 Å². The minimum absolute atomic E-state index is 0.558. The van der Waals surface area contributed by atoms with Gasteiger partial charge in [-0.05, 0) is 128 Å². The van der Waals surface area contributed by atoms with Gasteiger partial charge in [-0.1, -0.05) is 127 Å². The van der Waals surface area contributed by atoms with E-state index in [4.69, 9.17) is 13.6 Å². The van der Waals surface area contributed by atoms with Gasteiger partial charge in [0.15, 0.2) is 41.0 Å². The van der Waals surface area contributed by atoms with Gasteiger partial charge in [0, 0.05) is 32.3 Å². The first-order chi connectivity index (χ1) is 42.3. The molecule has 0 N–H and O–H groups in total. The van der Waals surface area contributed by atoms with Crippen molar-refractivity contribution in [3.63, 3.8) is 0 Å². The molecule has 4 aliphatic heterocycles. The fraction of sp³-hybridized carbons (Fsp3) is 0.0400. The van der Waals surface area contributed by atoms with Gasteiger partial charge in [0.05, 0.1) is 94.2 Å². The van der Waals surface area contributed by atoms with Crippen molar-refractivity contribution >= 4 is 150 Å². The van der Waals surface area contributed by atoms with Crippen LogP contribution in [-0.4, -0.2) is 22.8 Å². The van der Waals surface area contributed by atoms with E-state index in [9.17, 15) is 0 Å². The lowest BCUT2D eigenvalue weighted by molar-refractivity contribution is 0.475. The van der Waals surface area contributed by atoms with Crippen molar-refractivity contribution in [3.8, 4) is 39.9 Å². The van der Waals surface area contributed by atoms with Gasteiger partial charge in [0.25, 0.3) is 0 Å². The highest BCUT2D eigenvalue weighted by Gasteiger charge is 2.56. The highest BCUT2D eigenvalue weighted by Crippen LogP contribution is 2.68. The van der Waals surface area contributed by atoms with Crippen LogP contribution in [0.3, 0.4) is 0 Å². The van der Waals surface area contributed by atoms with Gasteiger partial charge in [-0.3, -0.25) is 0 Å². The number of hydrogen-bond acceptors (Lipinski definition) is 5. The third-order valence-corrected chi connectivity index (χ3v) is 22.3. The first-order valence-corrected chi connectivity index (χ1v) is 31.0. The molecule has 17 aromatic rings. The molecule has 10 nitrogen and oxygen atoms in total. The van der Waals surface area contributed by atoms with Crippen LogP contribution >= 0.6 is 7.14 Å². The van der Waals surface area contributed by atoms with E-state index in [-0.39, 0.29) is 0 Å². The molecular weight excluding hydrogens is 1080 g/mol. The lowest BCUT2D eigenvalue weighted by Crippen LogP contribution is -2.46. The van der Waals surface area contributed by atoms with Gasteiger partial charge in [0.1, 0.15) is 22.4 Å². The van der Waals surface area contributed by atoms with Gasteiger partial charge in [-0.25, -0.2) is 0 Å². The maximum absolute atomic E-state index is 19.2. The number of nitrogens with zero attached hydrogens (tertiary/aromatic N) is 6. The number of anilines is 3. The van der Waals surface area contributed by atoms with Gasteiger partial charge in [-0.2, -0.15) is 0 Å². The molecule has 0 saturated heterocycles. The van der Waals surface area contributed by atoms with Gasteiger partial charge >= 0.3 is 0 Å². The van der Waals surface area contributed by atoms with Crippen LogP contribution in [0.15, 0.2) is 227 Å². The number of benzene rings is 12. The molecule has 4 aliphatic rings. The summed E-state index contributed by atoms with van der Waals surface area (Å²) in [4.78, 5) is 2.40. The van der Waals surface area contributed by atoms with E-state index in [0.29, 0.717) is 55.5 Å². The van der Waals surface area contributed by atoms with E-state index in [0.717, 1.165) is 144 Å². The first-order valence-electron chi connectivity index (χ1n) is 29.3. The average molecular weight is 1130 g/mol. The van der Waals surface area contributed by atoms with E-state index < -0.39 is 7.14 Å². The van der Waals surface area contributed by atoms with Gasteiger partial charge in [-0.15, -0.1) is 0 Å². The summed E-state index contributed by atoms with van der Waals surface area (Å²) in [6.45, 7) is 6.34. The molecule has 0 spiro atoms. The molecule has 0 saturated carbocycles. The van der Waals surface area contributed by atoms with Crippen LogP contribution in [0.25, 0.3) is 138 Å². The maximum atomic E-state index is 19.2. The number of ether oxygens (including phenoxy) is 1. The largest absolute Gasteiger partial charge is 0.451 e. The number of aryl methyl sites for hydroxylation is 3. The fourth-order valence-electron chi connectivity index (χ4n) is 15.7. The highest BCUT2D eigenvalue weighted by molar-refractivity contribution is 7.87. The lowest BCUT2D eigenvalue weighted by Gasteiger charge is -2.47. The van der Waals surface area contributed by atoms with Crippen molar-refractivity contribution in [1.82, 2.24) is 22.8 Å². The van der Waals surface area contributed by atoms with Crippen molar-refractivity contribution in [3.05, 3.63) is 235 Å². The number of para-hydroxylation sites is 6. The van der Waals surface area contributed by atoms with Gasteiger partial charge < -0.3 is 45.9 Å². The predicted molar refractivity (Wildman–Crippen MR) is 349 cm³/mol. The van der Waals surface area contributed by atoms with Crippen molar-refractivity contribution in [2.45, 2.75) is 20.8 Å². The number of rotatable bonds is 3. The molecule has 5 aromatic heterocycles. The number of fused-ring (bicyclic) bond motifs is 18. The number of aromatic nitrogens is 5. The Balaban J connectivity index is 1.07. The first kappa shape index (κ1) is 45.6. The summed E-state index contributed by atoms with van der Waals surface area (Å²) in [6, 6.07) is 78.1. The van der Waals surface area contributed by atoms with E-state index in [1.54, 1.807) is 0 Å². The molecule has 0 fully saturated rings. The zero-order chi connectivity index (χ0) is 56.3. The summed E-state index contributed by atoms with van der Waals surface area (Å²) in [6.07, 6.45) is 0. The molecule has 9 heterocycles.